The fourth-order valence-electron chi connectivity index (χ4n) is 3.16. The molecule has 2 aromatic rings. The molecular formula is C16H19N3O4S. The van der Waals surface area contributed by atoms with Gasteiger partial charge in [0.05, 0.1) is 17.1 Å². The van der Waals surface area contributed by atoms with E-state index in [1.807, 2.05) is 0 Å². The zero-order valence-electron chi connectivity index (χ0n) is 13.3. The number of aliphatic carboxylic acids is 1. The maximum Gasteiger partial charge on any atom is 0.325 e. The summed E-state index contributed by atoms with van der Waals surface area (Å²) in [5.41, 5.74) is 1.60. The number of nitrogens with zero attached hydrogens (tertiary/aromatic N) is 3. The van der Waals surface area contributed by atoms with Crippen LogP contribution in [0, 0.1) is 0 Å². The number of fused-ring (bicyclic) bond motifs is 1. The number of hydrogen-bond donors (Lipinski definition) is 1. The van der Waals surface area contributed by atoms with Gasteiger partial charge in [0, 0.05) is 18.3 Å². The van der Waals surface area contributed by atoms with Crippen molar-refractivity contribution in [3.63, 3.8) is 0 Å². The van der Waals surface area contributed by atoms with Gasteiger partial charge in [0.15, 0.2) is 0 Å². The third kappa shape index (κ3) is 2.94. The third-order valence-electron chi connectivity index (χ3n) is 4.38. The first-order valence-corrected chi connectivity index (χ1v) is 9.14. The first-order chi connectivity index (χ1) is 11.4. The highest BCUT2D eigenvalue weighted by atomic mass is 32.2. The monoisotopic (exact) mass is 349 g/mol. The Morgan fingerprint density at radius 3 is 2.75 bits per heavy atom. The van der Waals surface area contributed by atoms with Crippen molar-refractivity contribution in [2.24, 2.45) is 0 Å². The lowest BCUT2D eigenvalue weighted by molar-refractivity contribution is -0.137. The molecule has 1 aliphatic rings. The van der Waals surface area contributed by atoms with E-state index in [1.54, 1.807) is 43.6 Å². The van der Waals surface area contributed by atoms with E-state index in [-0.39, 0.29) is 17.5 Å². The van der Waals surface area contributed by atoms with Crippen LogP contribution in [0.3, 0.4) is 0 Å². The van der Waals surface area contributed by atoms with E-state index >= 15 is 0 Å². The Hall–Kier alpha value is -2.19. The Kier molecular flexibility index (Phi) is 4.42. The van der Waals surface area contributed by atoms with Gasteiger partial charge in [-0.25, -0.2) is 8.42 Å². The summed E-state index contributed by atoms with van der Waals surface area (Å²) in [6.07, 6.45) is 3.78. The van der Waals surface area contributed by atoms with E-state index in [0.717, 1.165) is 17.7 Å². The lowest BCUT2D eigenvalue weighted by Gasteiger charge is -2.30. The van der Waals surface area contributed by atoms with Crippen LogP contribution in [0.1, 0.15) is 30.1 Å². The van der Waals surface area contributed by atoms with Crippen LogP contribution in [0.15, 0.2) is 41.4 Å². The van der Waals surface area contributed by atoms with Crippen molar-refractivity contribution in [2.75, 3.05) is 7.05 Å². The second kappa shape index (κ2) is 6.37. The van der Waals surface area contributed by atoms with Crippen molar-refractivity contribution in [3.8, 4) is 0 Å². The first kappa shape index (κ1) is 16.7. The van der Waals surface area contributed by atoms with E-state index in [4.69, 9.17) is 5.11 Å². The van der Waals surface area contributed by atoms with Crippen LogP contribution in [0.4, 0.5) is 0 Å². The van der Waals surface area contributed by atoms with E-state index in [1.165, 1.54) is 8.99 Å². The normalized spacial score (nSPS) is 17.7. The smallest absolute Gasteiger partial charge is 0.325 e. The molecule has 0 bridgehead atoms. The zero-order valence-corrected chi connectivity index (χ0v) is 14.1. The maximum absolute atomic E-state index is 12.8. The minimum absolute atomic E-state index is 0.211. The van der Waals surface area contributed by atoms with Gasteiger partial charge in [0.2, 0.25) is 10.0 Å². The number of rotatable bonds is 5. The predicted molar refractivity (Wildman–Crippen MR) is 86.9 cm³/mol. The number of aromatic nitrogens is 2. The second-order valence-electron chi connectivity index (χ2n) is 5.84. The molecule has 128 valence electrons. The largest absolute Gasteiger partial charge is 0.480 e. The van der Waals surface area contributed by atoms with Gasteiger partial charge in [-0.2, -0.15) is 9.40 Å². The Morgan fingerprint density at radius 1 is 1.38 bits per heavy atom. The highest BCUT2D eigenvalue weighted by Crippen LogP contribution is 2.36. The summed E-state index contributed by atoms with van der Waals surface area (Å²) in [4.78, 5) is 11.2. The van der Waals surface area contributed by atoms with Crippen molar-refractivity contribution in [1.82, 2.24) is 14.1 Å². The number of benzene rings is 1. The number of hydrogen-bond acceptors (Lipinski definition) is 4. The van der Waals surface area contributed by atoms with Gasteiger partial charge in [-0.3, -0.25) is 9.48 Å². The van der Waals surface area contributed by atoms with Crippen LogP contribution >= 0.6 is 0 Å². The van der Waals surface area contributed by atoms with E-state index < -0.39 is 16.0 Å². The maximum atomic E-state index is 12.8. The highest BCUT2D eigenvalue weighted by Gasteiger charge is 2.34. The number of carboxylic acids is 1. The molecule has 1 aliphatic carbocycles. The van der Waals surface area contributed by atoms with Crippen molar-refractivity contribution in [2.45, 2.75) is 36.7 Å². The van der Waals surface area contributed by atoms with Gasteiger partial charge < -0.3 is 5.11 Å². The minimum atomic E-state index is -3.62. The van der Waals surface area contributed by atoms with Gasteiger partial charge in [0.1, 0.15) is 6.54 Å². The predicted octanol–water partition coefficient (Wildman–Crippen LogP) is 1.67. The Balaban J connectivity index is 1.95. The molecule has 0 saturated carbocycles. The van der Waals surface area contributed by atoms with E-state index in [9.17, 15) is 13.2 Å². The topological polar surface area (TPSA) is 92.5 Å². The molecule has 1 heterocycles. The average Bonchev–Trinajstić information content (AvgIpc) is 2.97. The van der Waals surface area contributed by atoms with Crippen LogP contribution in [0.25, 0.3) is 0 Å². The molecule has 1 aromatic heterocycles. The van der Waals surface area contributed by atoms with Crippen molar-refractivity contribution in [3.05, 3.63) is 47.8 Å². The quantitative estimate of drug-likeness (QED) is 0.886. The number of carboxylic acid groups (broad SMARTS) is 1. The number of carbonyl (C=O) groups is 1. The van der Waals surface area contributed by atoms with Crippen LogP contribution in [0.5, 0.6) is 0 Å². The zero-order chi connectivity index (χ0) is 17.3. The standard InChI is InChI=1S/C16H19N3O4S/c1-18(24(22,23)12-6-3-2-4-7-12)14-8-5-9-15-13(14)10-17-19(15)11-16(20)21/h2-4,6-7,10,14H,5,8-9,11H2,1H3,(H,20,21). The lowest BCUT2D eigenvalue weighted by atomic mass is 9.93. The van der Waals surface area contributed by atoms with Gasteiger partial charge in [-0.05, 0) is 31.4 Å². The molecule has 8 heteroatoms. The van der Waals surface area contributed by atoms with Crippen molar-refractivity contribution in [1.29, 1.82) is 0 Å². The molecule has 0 amide bonds. The second-order valence-corrected chi connectivity index (χ2v) is 7.84. The minimum Gasteiger partial charge on any atom is -0.480 e. The van der Waals surface area contributed by atoms with Crippen LogP contribution in [0.2, 0.25) is 0 Å². The summed E-state index contributed by atoms with van der Waals surface area (Å²) >= 11 is 0. The molecule has 1 N–H and O–H groups in total. The summed E-state index contributed by atoms with van der Waals surface area (Å²) in [5, 5.41) is 13.1. The molecule has 24 heavy (non-hydrogen) atoms. The molecule has 1 atom stereocenters. The van der Waals surface area contributed by atoms with E-state index in [0.29, 0.717) is 12.8 Å². The lowest BCUT2D eigenvalue weighted by Crippen LogP contribution is -2.33. The summed E-state index contributed by atoms with van der Waals surface area (Å²) in [6, 6.07) is 7.97. The summed E-state index contributed by atoms with van der Waals surface area (Å²) in [7, 11) is -2.05. The molecule has 1 unspecified atom stereocenters. The molecule has 0 saturated heterocycles. The summed E-state index contributed by atoms with van der Waals surface area (Å²) < 4.78 is 28.5. The van der Waals surface area contributed by atoms with Crippen LogP contribution in [-0.2, 0) is 27.8 Å². The molecule has 0 aliphatic heterocycles. The van der Waals surface area contributed by atoms with Crippen molar-refractivity contribution < 1.29 is 18.3 Å². The fraction of sp³-hybridized carbons (Fsp3) is 0.375. The molecule has 7 nitrogen and oxygen atoms in total. The molecule has 3 rings (SSSR count). The summed E-state index contributed by atoms with van der Waals surface area (Å²) in [5.74, 6) is -0.965. The Labute approximate surface area is 140 Å². The Bertz CT molecular complexity index is 845. The van der Waals surface area contributed by atoms with Crippen LogP contribution < -0.4 is 0 Å². The third-order valence-corrected chi connectivity index (χ3v) is 6.26. The average molecular weight is 349 g/mol. The van der Waals surface area contributed by atoms with Gasteiger partial charge in [-0.1, -0.05) is 18.2 Å². The number of sulfonamides is 1. The van der Waals surface area contributed by atoms with Crippen LogP contribution in [-0.4, -0.2) is 40.6 Å². The van der Waals surface area contributed by atoms with Gasteiger partial charge in [0.25, 0.3) is 0 Å². The SMILES string of the molecule is CN(C1CCCc2c1cnn2CC(=O)O)S(=O)(=O)c1ccccc1. The van der Waals surface area contributed by atoms with Gasteiger partial charge >= 0.3 is 5.97 Å². The highest BCUT2D eigenvalue weighted by molar-refractivity contribution is 7.89. The first-order valence-electron chi connectivity index (χ1n) is 7.70. The van der Waals surface area contributed by atoms with E-state index in [2.05, 4.69) is 5.10 Å². The molecule has 0 fully saturated rings. The molecule has 1 aromatic carbocycles. The van der Waals surface area contributed by atoms with Crippen molar-refractivity contribution >= 4 is 16.0 Å². The molecular weight excluding hydrogens is 330 g/mol. The fourth-order valence-corrected chi connectivity index (χ4v) is 4.55. The Morgan fingerprint density at radius 2 is 2.08 bits per heavy atom. The van der Waals surface area contributed by atoms with Gasteiger partial charge in [-0.15, -0.1) is 0 Å². The molecule has 0 spiro atoms. The molecule has 0 radical (unpaired) electrons. The summed E-state index contributed by atoms with van der Waals surface area (Å²) in [6.45, 7) is -0.211.